The largest absolute Gasteiger partial charge is 0.452 e. The van der Waals surface area contributed by atoms with Crippen LogP contribution in [0.1, 0.15) is 25.3 Å². The van der Waals surface area contributed by atoms with Crippen molar-refractivity contribution in [2.45, 2.75) is 30.8 Å². The number of esters is 1. The molecule has 0 aromatic heterocycles. The molecule has 1 saturated heterocycles. The summed E-state index contributed by atoms with van der Waals surface area (Å²) < 4.78 is 33.8. The van der Waals surface area contributed by atoms with E-state index in [0.717, 1.165) is 0 Å². The minimum atomic E-state index is -3.70. The van der Waals surface area contributed by atoms with Crippen LogP contribution >= 0.6 is 0 Å². The highest BCUT2D eigenvalue weighted by Crippen LogP contribution is 2.30. The van der Waals surface area contributed by atoms with Crippen LogP contribution in [0.4, 0.5) is 0 Å². The van der Waals surface area contributed by atoms with Gasteiger partial charge in [-0.15, -0.1) is 4.40 Å². The molecule has 0 aliphatic carbocycles. The summed E-state index contributed by atoms with van der Waals surface area (Å²) in [6.07, 6.45) is 0.476. The van der Waals surface area contributed by atoms with Crippen molar-refractivity contribution in [2.75, 3.05) is 27.2 Å². The lowest BCUT2D eigenvalue weighted by Gasteiger charge is -2.33. The van der Waals surface area contributed by atoms with Gasteiger partial charge in [0, 0.05) is 32.7 Å². The molecule has 1 aromatic carbocycles. The van der Waals surface area contributed by atoms with Crippen molar-refractivity contribution in [3.63, 3.8) is 0 Å². The van der Waals surface area contributed by atoms with E-state index in [1.165, 1.54) is 11.0 Å². The number of ether oxygens (including phenoxy) is 1. The Balaban J connectivity index is 1.74. The van der Waals surface area contributed by atoms with Crippen molar-refractivity contribution in [3.05, 3.63) is 29.8 Å². The molecule has 27 heavy (non-hydrogen) atoms. The SMILES string of the molecule is C[C@@H](OC(=O)[C@H]1CCCN(C2=NS(=O)(=O)c3ccccc32)C1)C(=O)N(C)C. The molecular formula is C18H23N3O5S. The molecule has 0 saturated carbocycles. The van der Waals surface area contributed by atoms with E-state index >= 15 is 0 Å². The highest BCUT2D eigenvalue weighted by Gasteiger charge is 2.36. The Hall–Kier alpha value is -2.42. The van der Waals surface area contributed by atoms with Crippen LogP contribution in [-0.4, -0.2) is 69.2 Å². The zero-order valence-corrected chi connectivity index (χ0v) is 16.4. The quantitative estimate of drug-likeness (QED) is 0.707. The molecular weight excluding hydrogens is 370 g/mol. The molecule has 0 N–H and O–H groups in total. The standard InChI is InChI=1S/C18H23N3O5S/c1-12(17(22)20(2)3)26-18(23)13-7-6-10-21(11-13)16-14-8-4-5-9-15(14)27(24,25)19-16/h4-5,8-9,12-13H,6-7,10-11H2,1-3H3/t12-,13+/m1/s1. The molecule has 2 atom stereocenters. The molecule has 0 spiro atoms. The summed E-state index contributed by atoms with van der Waals surface area (Å²) >= 11 is 0. The third-order valence-corrected chi connectivity index (χ3v) is 6.07. The van der Waals surface area contributed by atoms with E-state index < -0.39 is 28.0 Å². The van der Waals surface area contributed by atoms with Gasteiger partial charge in [-0.1, -0.05) is 12.1 Å². The first-order valence-corrected chi connectivity index (χ1v) is 10.3. The zero-order chi connectivity index (χ0) is 19.8. The number of piperidine rings is 1. The number of rotatable bonds is 3. The summed E-state index contributed by atoms with van der Waals surface area (Å²) in [4.78, 5) is 27.8. The maximum atomic E-state index is 12.5. The number of sulfonamides is 1. The molecule has 3 rings (SSSR count). The van der Waals surface area contributed by atoms with Crippen molar-refractivity contribution in [1.29, 1.82) is 0 Å². The fourth-order valence-electron chi connectivity index (χ4n) is 3.36. The topological polar surface area (TPSA) is 96.3 Å². The van der Waals surface area contributed by atoms with Crippen LogP contribution in [0.2, 0.25) is 0 Å². The van der Waals surface area contributed by atoms with Gasteiger partial charge < -0.3 is 14.5 Å². The van der Waals surface area contributed by atoms with Crippen molar-refractivity contribution in [2.24, 2.45) is 10.3 Å². The Morgan fingerprint density at radius 1 is 1.30 bits per heavy atom. The Morgan fingerprint density at radius 2 is 2.00 bits per heavy atom. The molecule has 1 aromatic rings. The molecule has 1 amide bonds. The third kappa shape index (κ3) is 3.83. The van der Waals surface area contributed by atoms with Gasteiger partial charge in [0.15, 0.2) is 11.9 Å². The lowest BCUT2D eigenvalue weighted by molar-refractivity contribution is -0.162. The number of hydrogen-bond acceptors (Lipinski definition) is 6. The van der Waals surface area contributed by atoms with Crippen LogP contribution in [0.25, 0.3) is 0 Å². The van der Waals surface area contributed by atoms with Crippen molar-refractivity contribution < 1.29 is 22.7 Å². The Bertz CT molecular complexity index is 894. The second-order valence-corrected chi connectivity index (χ2v) is 8.56. The molecule has 0 radical (unpaired) electrons. The third-order valence-electron chi connectivity index (χ3n) is 4.75. The molecule has 9 heteroatoms. The fourth-order valence-corrected chi connectivity index (χ4v) is 4.59. The second-order valence-electron chi connectivity index (χ2n) is 6.98. The number of fused-ring (bicyclic) bond motifs is 1. The predicted molar refractivity (Wildman–Crippen MR) is 98.7 cm³/mol. The van der Waals surface area contributed by atoms with Gasteiger partial charge in [0.25, 0.3) is 15.9 Å². The molecule has 146 valence electrons. The fraction of sp³-hybridized carbons (Fsp3) is 0.500. The lowest BCUT2D eigenvalue weighted by atomic mass is 9.97. The smallest absolute Gasteiger partial charge is 0.311 e. The minimum Gasteiger partial charge on any atom is -0.452 e. The number of nitrogens with zero attached hydrogens (tertiary/aromatic N) is 3. The number of likely N-dealkylation sites (tertiary alicyclic amines) is 1. The predicted octanol–water partition coefficient (Wildman–Crippen LogP) is 0.867. The summed E-state index contributed by atoms with van der Waals surface area (Å²) in [5, 5.41) is 0. The van der Waals surface area contributed by atoms with Crippen LogP contribution in [0.3, 0.4) is 0 Å². The molecule has 2 aliphatic heterocycles. The van der Waals surface area contributed by atoms with Gasteiger partial charge in [-0.2, -0.15) is 8.42 Å². The average molecular weight is 393 g/mol. The highest BCUT2D eigenvalue weighted by molar-refractivity contribution is 7.90. The monoisotopic (exact) mass is 393 g/mol. The Morgan fingerprint density at radius 3 is 2.70 bits per heavy atom. The molecule has 8 nitrogen and oxygen atoms in total. The summed E-state index contributed by atoms with van der Waals surface area (Å²) in [5.41, 5.74) is 0.558. The highest BCUT2D eigenvalue weighted by atomic mass is 32.2. The number of amidine groups is 1. The minimum absolute atomic E-state index is 0.190. The maximum Gasteiger partial charge on any atom is 0.311 e. The second kappa shape index (κ2) is 7.30. The van der Waals surface area contributed by atoms with Crippen molar-refractivity contribution in [1.82, 2.24) is 9.80 Å². The number of hydrogen-bond donors (Lipinski definition) is 0. The van der Waals surface area contributed by atoms with E-state index in [1.807, 2.05) is 4.90 Å². The molecule has 1 fully saturated rings. The molecule has 2 heterocycles. The number of benzene rings is 1. The summed E-state index contributed by atoms with van der Waals surface area (Å²) in [7, 11) is -0.497. The van der Waals surface area contributed by atoms with Crippen molar-refractivity contribution >= 4 is 27.7 Å². The number of likely N-dealkylation sites (N-methyl/N-ethyl adjacent to an activating group) is 1. The van der Waals surface area contributed by atoms with Crippen LogP contribution in [0, 0.1) is 5.92 Å². The zero-order valence-electron chi connectivity index (χ0n) is 15.6. The molecule has 2 aliphatic rings. The average Bonchev–Trinajstić information content (AvgIpc) is 2.92. The van der Waals surface area contributed by atoms with Crippen LogP contribution in [0.15, 0.2) is 33.6 Å². The first-order chi connectivity index (χ1) is 12.7. The van der Waals surface area contributed by atoms with Crippen LogP contribution in [-0.2, 0) is 24.3 Å². The Kier molecular flexibility index (Phi) is 5.23. The maximum absolute atomic E-state index is 12.5. The normalized spacial score (nSPS) is 21.8. The first-order valence-electron chi connectivity index (χ1n) is 8.81. The first kappa shape index (κ1) is 19.3. The van der Waals surface area contributed by atoms with Gasteiger partial charge >= 0.3 is 5.97 Å². The van der Waals surface area contributed by atoms with Gasteiger partial charge in [0.1, 0.15) is 4.90 Å². The summed E-state index contributed by atoms with van der Waals surface area (Å²) in [5.74, 6) is -0.789. The number of carbonyl (C=O) groups is 2. The molecule has 0 bridgehead atoms. The van der Waals surface area contributed by atoms with E-state index in [9.17, 15) is 18.0 Å². The number of carbonyl (C=O) groups excluding carboxylic acids is 2. The molecule has 0 unspecified atom stereocenters. The van der Waals surface area contributed by atoms with E-state index in [4.69, 9.17) is 4.74 Å². The lowest BCUT2D eigenvalue weighted by Crippen LogP contribution is -2.44. The van der Waals surface area contributed by atoms with E-state index in [2.05, 4.69) is 4.40 Å². The summed E-state index contributed by atoms with van der Waals surface area (Å²) in [6, 6.07) is 6.68. The van der Waals surface area contributed by atoms with Gasteiger partial charge in [0.05, 0.1) is 5.92 Å². The van der Waals surface area contributed by atoms with Crippen molar-refractivity contribution in [3.8, 4) is 0 Å². The Labute approximate surface area is 158 Å². The van der Waals surface area contributed by atoms with Gasteiger partial charge in [0.2, 0.25) is 0 Å². The van der Waals surface area contributed by atoms with Crippen LogP contribution in [0.5, 0.6) is 0 Å². The van der Waals surface area contributed by atoms with Gasteiger partial charge in [-0.25, -0.2) is 0 Å². The van der Waals surface area contributed by atoms with E-state index in [-0.39, 0.29) is 10.8 Å². The van der Waals surface area contributed by atoms with E-state index in [1.54, 1.807) is 39.2 Å². The van der Waals surface area contributed by atoms with Crippen LogP contribution < -0.4 is 0 Å². The van der Waals surface area contributed by atoms with Gasteiger partial charge in [-0.3, -0.25) is 9.59 Å². The van der Waals surface area contributed by atoms with E-state index in [0.29, 0.717) is 37.3 Å². The summed E-state index contributed by atoms with van der Waals surface area (Å²) in [6.45, 7) is 2.47. The number of amides is 1. The van der Waals surface area contributed by atoms with Gasteiger partial charge in [-0.05, 0) is 31.9 Å².